The quantitative estimate of drug-likeness (QED) is 0.106. The number of hydrogen-bond donors (Lipinski definition) is 0. The Hall–Kier alpha value is -2.97. The van der Waals surface area contributed by atoms with E-state index in [2.05, 4.69) is 13.2 Å². The van der Waals surface area contributed by atoms with Crippen LogP contribution in [0.2, 0.25) is 0 Å². The van der Waals surface area contributed by atoms with Gasteiger partial charge in [-0.05, 0) is 13.8 Å². The van der Waals surface area contributed by atoms with Gasteiger partial charge in [-0.25, -0.2) is 35.6 Å². The van der Waals surface area contributed by atoms with Gasteiger partial charge < -0.3 is 18.3 Å². The second-order valence-electron chi connectivity index (χ2n) is 7.25. The molecule has 0 atom stereocenters. The van der Waals surface area contributed by atoms with Crippen LogP contribution in [0.4, 0.5) is 26.3 Å². The van der Waals surface area contributed by atoms with Gasteiger partial charge in [0.1, 0.15) is 38.7 Å². The average molecular weight is 618 g/mol. The lowest BCUT2D eigenvalue weighted by Crippen LogP contribution is -2.34. The minimum absolute atomic E-state index is 0.214. The minimum Gasteiger partial charge on any atom is -0.460 e. The standard InChI is InChI=1S/C17H25N2O5.C2F6NO4S2/c1-14(2)16(20)23-10-8-19-6-5-18(13-19)7-9-22-11-12-24-17(21)15(3)4;3-1(4,5)14(10,11)9-15(12,13)2(6,7)8/h5-6,13H,1,3,7-12H2,2,4H3;/q+1;-1. The summed E-state index contributed by atoms with van der Waals surface area (Å²) in [5, 5.41) is 0. The molecule has 12 nitrogen and oxygen atoms in total. The molecule has 0 N–H and O–H groups in total. The van der Waals surface area contributed by atoms with Crippen LogP contribution in [0.25, 0.3) is 4.13 Å². The van der Waals surface area contributed by atoms with Crippen molar-refractivity contribution in [3.63, 3.8) is 0 Å². The van der Waals surface area contributed by atoms with Gasteiger partial charge in [-0.2, -0.15) is 26.3 Å². The average Bonchev–Trinajstić information content (AvgIpc) is 3.21. The zero-order valence-corrected chi connectivity index (χ0v) is 22.1. The molecule has 0 fully saturated rings. The van der Waals surface area contributed by atoms with E-state index in [-0.39, 0.29) is 12.6 Å². The zero-order chi connectivity index (χ0) is 30.7. The highest BCUT2D eigenvalue weighted by molar-refractivity contribution is 8.13. The summed E-state index contributed by atoms with van der Waals surface area (Å²) >= 11 is 0. The molecule has 0 aliphatic carbocycles. The lowest BCUT2D eigenvalue weighted by Gasteiger charge is -2.22. The van der Waals surface area contributed by atoms with E-state index in [9.17, 15) is 52.8 Å². The summed E-state index contributed by atoms with van der Waals surface area (Å²) in [6.07, 6.45) is 5.70. The molecule has 0 aliphatic rings. The smallest absolute Gasteiger partial charge is 0.460 e. The molecule has 0 unspecified atom stereocenters. The number of ether oxygens (including phenoxy) is 3. The number of carbonyl (C=O) groups is 2. The van der Waals surface area contributed by atoms with E-state index >= 15 is 0 Å². The molecule has 0 amide bonds. The highest BCUT2D eigenvalue weighted by Crippen LogP contribution is 2.36. The summed E-state index contributed by atoms with van der Waals surface area (Å²) in [6.45, 7) is 12.8. The third-order valence-corrected chi connectivity index (χ3v) is 6.50. The van der Waals surface area contributed by atoms with Crippen LogP contribution in [0.1, 0.15) is 13.8 Å². The minimum atomic E-state index is -6.72. The van der Waals surface area contributed by atoms with Crippen molar-refractivity contribution in [1.29, 1.82) is 0 Å². The van der Waals surface area contributed by atoms with Crippen molar-refractivity contribution in [2.24, 2.45) is 0 Å². The molecular weight excluding hydrogens is 592 g/mol. The monoisotopic (exact) mass is 617 g/mol. The van der Waals surface area contributed by atoms with Gasteiger partial charge >= 0.3 is 23.0 Å². The third-order valence-electron chi connectivity index (χ3n) is 3.76. The van der Waals surface area contributed by atoms with Gasteiger partial charge in [0.25, 0.3) is 0 Å². The molecule has 0 aromatic carbocycles. The first-order valence-corrected chi connectivity index (χ1v) is 13.1. The third kappa shape index (κ3) is 13.6. The molecule has 20 heteroatoms. The van der Waals surface area contributed by atoms with Gasteiger partial charge in [-0.15, -0.1) is 0 Å². The van der Waals surface area contributed by atoms with Crippen LogP contribution in [0.15, 0.2) is 43.0 Å². The number of nitrogens with zero attached hydrogens (tertiary/aromatic N) is 3. The van der Waals surface area contributed by atoms with Crippen molar-refractivity contribution < 1.29 is 71.5 Å². The molecular formula is C19H25F6N3O9S2. The van der Waals surface area contributed by atoms with Crippen LogP contribution in [-0.4, -0.2) is 70.8 Å². The van der Waals surface area contributed by atoms with E-state index in [4.69, 9.17) is 14.2 Å². The van der Waals surface area contributed by atoms with E-state index in [1.54, 1.807) is 13.8 Å². The maximum absolute atomic E-state index is 11.4. The molecule has 0 aliphatic heterocycles. The molecule has 1 aromatic rings. The maximum atomic E-state index is 11.4. The Bertz CT molecular complexity index is 1180. The number of rotatable bonds is 13. The van der Waals surface area contributed by atoms with Gasteiger partial charge in [0.2, 0.25) is 6.33 Å². The molecule has 1 rings (SSSR count). The van der Waals surface area contributed by atoms with Crippen molar-refractivity contribution in [2.45, 2.75) is 38.0 Å². The number of imidazole rings is 1. The van der Waals surface area contributed by atoms with Crippen LogP contribution >= 0.6 is 0 Å². The topological polar surface area (TPSA) is 153 Å². The number of esters is 2. The Balaban J connectivity index is 0.000000830. The van der Waals surface area contributed by atoms with Gasteiger partial charge in [0, 0.05) is 11.1 Å². The summed E-state index contributed by atoms with van der Waals surface area (Å²) < 4.78 is 128. The van der Waals surface area contributed by atoms with E-state index in [0.29, 0.717) is 44.1 Å². The Labute approximate surface area is 219 Å². The number of alkyl halides is 6. The largest absolute Gasteiger partial charge is 0.480 e. The SMILES string of the molecule is C=C(C)C(=O)OCCOCC[n+]1ccn(CCOC(=O)C(=C)C)c1.O=S(=O)([N-]S(=O)(=O)C(F)(F)F)C(F)(F)F. The molecule has 39 heavy (non-hydrogen) atoms. The summed E-state index contributed by atoms with van der Waals surface area (Å²) in [5.74, 6) is -0.784. The first-order chi connectivity index (χ1) is 17.6. The normalized spacial score (nSPS) is 12.2. The summed E-state index contributed by atoms with van der Waals surface area (Å²) in [6, 6.07) is 0. The van der Waals surface area contributed by atoms with E-state index in [1.807, 2.05) is 27.9 Å². The second kappa shape index (κ2) is 15.0. The Morgan fingerprint density at radius 1 is 0.846 bits per heavy atom. The Morgan fingerprint density at radius 2 is 1.31 bits per heavy atom. The molecule has 0 spiro atoms. The predicted molar refractivity (Wildman–Crippen MR) is 120 cm³/mol. The van der Waals surface area contributed by atoms with Crippen LogP contribution in [-0.2, 0) is 56.9 Å². The fraction of sp³-hybridized carbons (Fsp3) is 0.526. The highest BCUT2D eigenvalue weighted by atomic mass is 32.3. The number of aromatic nitrogens is 2. The van der Waals surface area contributed by atoms with Gasteiger partial charge in [-0.3, -0.25) is 0 Å². The van der Waals surface area contributed by atoms with Crippen molar-refractivity contribution in [1.82, 2.24) is 4.57 Å². The van der Waals surface area contributed by atoms with E-state index in [1.165, 1.54) is 0 Å². The van der Waals surface area contributed by atoms with Gasteiger partial charge in [0.05, 0.1) is 13.2 Å². The van der Waals surface area contributed by atoms with Crippen LogP contribution in [0, 0.1) is 0 Å². The number of halogens is 6. The van der Waals surface area contributed by atoms with Gasteiger partial charge in [0.15, 0.2) is 20.0 Å². The number of hydrogen-bond acceptors (Lipinski definition) is 9. The Morgan fingerprint density at radius 3 is 1.74 bits per heavy atom. The Kier molecular flexibility index (Phi) is 13.8. The number of carbonyl (C=O) groups excluding carboxylic acids is 2. The van der Waals surface area contributed by atoms with Gasteiger partial charge in [-0.1, -0.05) is 13.2 Å². The summed E-state index contributed by atoms with van der Waals surface area (Å²) in [7, 11) is -13.4. The molecule has 1 aromatic heterocycles. The maximum Gasteiger partial charge on any atom is 0.480 e. The molecule has 1 heterocycles. The lowest BCUT2D eigenvalue weighted by molar-refractivity contribution is -0.698. The van der Waals surface area contributed by atoms with Crippen molar-refractivity contribution in [3.05, 3.63) is 47.2 Å². The van der Waals surface area contributed by atoms with Crippen LogP contribution < -0.4 is 4.57 Å². The fourth-order valence-corrected chi connectivity index (χ4v) is 3.58. The summed E-state index contributed by atoms with van der Waals surface area (Å²) in [4.78, 5) is 22.4. The van der Waals surface area contributed by atoms with Crippen LogP contribution in [0.5, 0.6) is 0 Å². The molecule has 0 saturated heterocycles. The fourth-order valence-electron chi connectivity index (χ4n) is 1.87. The van der Waals surface area contributed by atoms with Crippen molar-refractivity contribution >= 4 is 32.0 Å². The highest BCUT2D eigenvalue weighted by Gasteiger charge is 2.46. The van der Waals surface area contributed by atoms with Crippen LogP contribution in [0.3, 0.4) is 0 Å². The van der Waals surface area contributed by atoms with Crippen molar-refractivity contribution in [2.75, 3.05) is 26.4 Å². The summed E-state index contributed by atoms with van der Waals surface area (Å²) in [5.41, 5.74) is -11.6. The molecule has 0 saturated carbocycles. The second-order valence-corrected chi connectivity index (χ2v) is 10.7. The predicted octanol–water partition coefficient (Wildman–Crippen LogP) is 2.09. The van der Waals surface area contributed by atoms with E-state index in [0.717, 1.165) is 4.13 Å². The molecule has 224 valence electrons. The van der Waals surface area contributed by atoms with Crippen molar-refractivity contribution in [3.8, 4) is 0 Å². The molecule has 0 radical (unpaired) electrons. The lowest BCUT2D eigenvalue weighted by atomic mass is 10.4. The first kappa shape index (κ1) is 36.0. The number of sulfonamides is 2. The first-order valence-electron chi connectivity index (χ1n) is 10.3. The zero-order valence-electron chi connectivity index (χ0n) is 20.5. The molecule has 0 bridgehead atoms. The van der Waals surface area contributed by atoms with E-state index < -0.39 is 37.0 Å².